The van der Waals surface area contributed by atoms with E-state index in [9.17, 15) is 0 Å². The fourth-order valence-corrected chi connectivity index (χ4v) is 12.6. The summed E-state index contributed by atoms with van der Waals surface area (Å²) in [6, 6.07) is 60.6. The highest BCUT2D eigenvalue weighted by Crippen LogP contribution is 2.60. The van der Waals surface area contributed by atoms with Crippen LogP contribution in [0.15, 0.2) is 168 Å². The first kappa shape index (κ1) is 41.2. The van der Waals surface area contributed by atoms with Crippen LogP contribution in [-0.4, -0.2) is 6.85 Å². The van der Waals surface area contributed by atoms with Crippen LogP contribution in [0.2, 0.25) is 0 Å². The summed E-state index contributed by atoms with van der Waals surface area (Å²) in [5, 5.41) is 1.09. The lowest BCUT2D eigenvalue weighted by Crippen LogP contribution is -2.62. The van der Waals surface area contributed by atoms with Crippen LogP contribution >= 0.6 is 0 Å². The maximum Gasteiger partial charge on any atom is 0.333 e. The van der Waals surface area contributed by atoms with Gasteiger partial charge in [-0.05, 0) is 149 Å². The maximum atomic E-state index is 6.40. The van der Waals surface area contributed by atoms with Crippen molar-refractivity contribution in [2.24, 2.45) is 0 Å². The normalized spacial score (nSPS) is 15.6. The van der Waals surface area contributed by atoms with Gasteiger partial charge in [-0.2, -0.15) is 0 Å². The summed E-state index contributed by atoms with van der Waals surface area (Å²) < 4.78 is 6.40. The summed E-state index contributed by atoms with van der Waals surface area (Å²) in [5.41, 5.74) is 27.4. The van der Waals surface area contributed by atoms with Gasteiger partial charge in [-0.3, -0.25) is 0 Å². The second kappa shape index (κ2) is 13.8. The average molecular weight is 881 g/mol. The Morgan fingerprint density at radius 1 is 0.471 bits per heavy atom. The molecule has 8 aromatic carbocycles. The molecule has 0 atom stereocenters. The zero-order chi connectivity index (χ0) is 46.8. The summed E-state index contributed by atoms with van der Waals surface area (Å²) in [6.07, 6.45) is 1.85. The fraction of sp³-hybridized carbons (Fsp3) is 0.219. The molecule has 4 heteroatoms. The van der Waals surface area contributed by atoms with E-state index in [4.69, 9.17) is 4.42 Å². The lowest BCUT2D eigenvalue weighted by atomic mass is 9.42. The van der Waals surface area contributed by atoms with E-state index in [1.807, 2.05) is 6.26 Å². The van der Waals surface area contributed by atoms with E-state index in [2.05, 4.69) is 237 Å². The molecular weight excluding hydrogens is 824 g/mol. The van der Waals surface area contributed by atoms with Crippen molar-refractivity contribution in [1.29, 1.82) is 0 Å². The molecule has 2 aliphatic heterocycles. The van der Waals surface area contributed by atoms with E-state index in [0.29, 0.717) is 0 Å². The van der Waals surface area contributed by atoms with Crippen molar-refractivity contribution >= 4 is 57.2 Å². The van der Waals surface area contributed by atoms with Gasteiger partial charge < -0.3 is 14.1 Å². The fourth-order valence-electron chi connectivity index (χ4n) is 12.6. The third kappa shape index (κ3) is 5.61. The highest BCUT2D eigenvalue weighted by atomic mass is 16.3. The zero-order valence-corrected chi connectivity index (χ0v) is 41.0. The van der Waals surface area contributed by atoms with Crippen LogP contribution in [0.4, 0.5) is 28.4 Å². The number of fused-ring (bicyclic) bond motifs is 12. The average Bonchev–Trinajstić information content (AvgIpc) is 3.95. The zero-order valence-electron chi connectivity index (χ0n) is 41.0. The first-order valence-electron chi connectivity index (χ1n) is 24.5. The van der Waals surface area contributed by atoms with Gasteiger partial charge in [0.15, 0.2) is 0 Å². The highest BCUT2D eigenvalue weighted by Gasteiger charge is 2.51. The lowest BCUT2D eigenvalue weighted by molar-refractivity contribution is 0.590. The Labute approximate surface area is 402 Å². The Balaban J connectivity index is 1.22. The second-order valence-electron chi connectivity index (χ2n) is 23.0. The molecule has 332 valence electrons. The third-order valence-electron chi connectivity index (χ3n) is 16.2. The van der Waals surface area contributed by atoms with Gasteiger partial charge in [0.2, 0.25) is 0 Å². The van der Waals surface area contributed by atoms with Gasteiger partial charge in [0.25, 0.3) is 0 Å². The molecule has 0 saturated heterocycles. The van der Waals surface area contributed by atoms with E-state index in [-0.39, 0.29) is 28.5 Å². The molecule has 3 nitrogen and oxygen atoms in total. The van der Waals surface area contributed by atoms with Crippen LogP contribution in [-0.2, 0) is 21.7 Å². The number of rotatable bonds is 3. The van der Waals surface area contributed by atoms with Gasteiger partial charge in [-0.25, -0.2) is 0 Å². The minimum absolute atomic E-state index is 0.0116. The largest absolute Gasteiger partial charge is 0.464 e. The molecule has 0 radical (unpaired) electrons. The minimum Gasteiger partial charge on any atom is -0.464 e. The van der Waals surface area contributed by atoms with Crippen LogP contribution in [0.25, 0.3) is 55.5 Å². The van der Waals surface area contributed by atoms with E-state index in [1.54, 1.807) is 0 Å². The lowest BCUT2D eigenvalue weighted by Gasteiger charge is -2.48. The number of nitrogens with zero attached hydrogens (tertiary/aromatic N) is 2. The Morgan fingerprint density at radius 2 is 1.10 bits per heavy atom. The van der Waals surface area contributed by atoms with Crippen LogP contribution in [0.3, 0.4) is 0 Å². The third-order valence-corrected chi connectivity index (χ3v) is 16.2. The van der Waals surface area contributed by atoms with E-state index >= 15 is 0 Å². The second-order valence-corrected chi connectivity index (χ2v) is 23.0. The molecule has 0 spiro atoms. The Bertz CT molecular complexity index is 3600. The summed E-state index contributed by atoms with van der Waals surface area (Å²) in [7, 11) is 0. The molecule has 68 heavy (non-hydrogen) atoms. The topological polar surface area (TPSA) is 19.6 Å². The molecule has 0 fully saturated rings. The van der Waals surface area contributed by atoms with E-state index in [0.717, 1.165) is 11.0 Å². The summed E-state index contributed by atoms with van der Waals surface area (Å²) in [4.78, 5) is 5.37. The van der Waals surface area contributed by atoms with Crippen molar-refractivity contribution in [1.82, 2.24) is 0 Å². The van der Waals surface area contributed by atoms with E-state index in [1.165, 1.54) is 117 Å². The van der Waals surface area contributed by atoms with Gasteiger partial charge in [-0.15, -0.1) is 0 Å². The summed E-state index contributed by atoms with van der Waals surface area (Å²) in [6.45, 7) is 23.4. The predicted molar refractivity (Wildman–Crippen MR) is 288 cm³/mol. The van der Waals surface area contributed by atoms with Crippen molar-refractivity contribution < 1.29 is 4.42 Å². The molecule has 13 rings (SSSR count). The Kier molecular flexibility index (Phi) is 8.35. The molecular formula is C64H57BN2O. The number of hydrogen-bond donors (Lipinski definition) is 0. The molecule has 9 aromatic rings. The van der Waals surface area contributed by atoms with E-state index < -0.39 is 0 Å². The summed E-state index contributed by atoms with van der Waals surface area (Å²) >= 11 is 0. The van der Waals surface area contributed by atoms with Gasteiger partial charge in [-0.1, -0.05) is 166 Å². The Morgan fingerprint density at radius 3 is 1.81 bits per heavy atom. The number of hydrogen-bond acceptors (Lipinski definition) is 3. The molecule has 0 bridgehead atoms. The van der Waals surface area contributed by atoms with Crippen LogP contribution in [0.5, 0.6) is 0 Å². The summed E-state index contributed by atoms with van der Waals surface area (Å²) in [5.74, 6) is 0. The van der Waals surface area contributed by atoms with Crippen molar-refractivity contribution in [3.05, 3.63) is 197 Å². The van der Waals surface area contributed by atoms with Crippen molar-refractivity contribution in [3.63, 3.8) is 0 Å². The first-order valence-corrected chi connectivity index (χ1v) is 24.5. The predicted octanol–water partition coefficient (Wildman–Crippen LogP) is 16.0. The monoisotopic (exact) mass is 880 g/mol. The minimum atomic E-state index is -0.311. The molecule has 4 aliphatic rings. The molecule has 0 unspecified atom stereocenters. The van der Waals surface area contributed by atoms with Crippen molar-refractivity contribution in [2.45, 2.75) is 90.9 Å². The quantitative estimate of drug-likeness (QED) is 0.165. The smallest absolute Gasteiger partial charge is 0.333 e. The van der Waals surface area contributed by atoms with Crippen molar-refractivity contribution in [2.75, 3.05) is 9.71 Å². The SMILES string of the molecule is CC(C)(C)c1ccc(N2B3c4cc5occc5cc4N(c4ccc(C(C)(C)C)cc4-c4ccccc4)c4c3c(cc3c4C(C)(C)c4ccccc4-3)-c3cc4c(cc32)C(C)(C)c2ccccc2-4)cc1. The number of benzene rings is 8. The van der Waals surface area contributed by atoms with Gasteiger partial charge in [0.05, 0.1) is 12.0 Å². The molecule has 0 saturated carbocycles. The molecule has 1 aromatic heterocycles. The van der Waals surface area contributed by atoms with Crippen LogP contribution < -0.4 is 20.6 Å². The molecule has 0 amide bonds. The molecule has 0 N–H and O–H groups in total. The standard InChI is InChI=1S/C64H57BN2O/c1-61(2,3)40-24-27-42(28-25-40)67-55-36-52-46(43-20-14-16-22-50(43)63(52,7)8)34-47(55)49-35-48-44-21-15-17-23-51(44)64(9,10)58(48)60-59(49)65(67)53-37-57-39(30-31-68-57)32-56(53)66(60)54-29-26-41(62(4,5)6)33-45(54)38-18-12-11-13-19-38/h11-37H,1-10H3. The molecule has 3 heterocycles. The van der Waals surface area contributed by atoms with Crippen LogP contribution in [0.1, 0.15) is 103 Å². The maximum absolute atomic E-state index is 6.40. The Hall–Kier alpha value is -7.04. The highest BCUT2D eigenvalue weighted by molar-refractivity contribution is 6.94. The van der Waals surface area contributed by atoms with Crippen molar-refractivity contribution in [3.8, 4) is 44.5 Å². The first-order chi connectivity index (χ1) is 32.5. The van der Waals surface area contributed by atoms with Gasteiger partial charge in [0.1, 0.15) is 5.58 Å². The van der Waals surface area contributed by atoms with Crippen LogP contribution in [0, 0.1) is 0 Å². The van der Waals surface area contributed by atoms with Gasteiger partial charge in [0, 0.05) is 50.1 Å². The van der Waals surface area contributed by atoms with Gasteiger partial charge >= 0.3 is 6.85 Å². The number of anilines is 5. The number of furan rings is 1. The molecule has 2 aliphatic carbocycles.